The third-order valence-corrected chi connectivity index (χ3v) is 5.79. The number of hydrogen-bond donors (Lipinski definition) is 4. The van der Waals surface area contributed by atoms with Gasteiger partial charge in [-0.05, 0) is 50.5 Å². The summed E-state index contributed by atoms with van der Waals surface area (Å²) in [7, 11) is 3.83. The van der Waals surface area contributed by atoms with E-state index in [-0.39, 0.29) is 17.8 Å². The number of para-hydroxylation sites is 1. The molecule has 5 N–H and O–H groups in total. The Labute approximate surface area is 206 Å². The normalized spacial score (nSPS) is 10.5. The Morgan fingerprint density at radius 2 is 1.57 bits per heavy atom. The zero-order valence-corrected chi connectivity index (χ0v) is 19.9. The fraction of sp³-hybridized carbons (Fsp3) is 0.120. The Morgan fingerprint density at radius 1 is 0.943 bits per heavy atom. The third kappa shape index (κ3) is 5.92. The minimum absolute atomic E-state index is 0.223. The number of fused-ring (bicyclic) bond motifs is 1. The number of thiophene rings is 1. The van der Waals surface area contributed by atoms with Crippen LogP contribution in [0.3, 0.4) is 0 Å². The number of urea groups is 1. The first-order valence-electron chi connectivity index (χ1n) is 10.6. The maximum Gasteiger partial charge on any atom is 0.323 e. The second-order valence-electron chi connectivity index (χ2n) is 7.76. The van der Waals surface area contributed by atoms with Crippen LogP contribution in [0.15, 0.2) is 60.9 Å². The highest BCUT2D eigenvalue weighted by Gasteiger charge is 2.21. The van der Waals surface area contributed by atoms with Gasteiger partial charge < -0.3 is 21.7 Å². The van der Waals surface area contributed by atoms with Crippen LogP contribution in [0.2, 0.25) is 0 Å². The van der Waals surface area contributed by atoms with E-state index in [1.54, 1.807) is 36.4 Å². The van der Waals surface area contributed by atoms with Crippen LogP contribution in [0.5, 0.6) is 0 Å². The van der Waals surface area contributed by atoms with Crippen molar-refractivity contribution in [1.82, 2.24) is 14.9 Å². The molecule has 3 amide bonds. The zero-order valence-electron chi connectivity index (χ0n) is 19.1. The van der Waals surface area contributed by atoms with Crippen molar-refractivity contribution in [1.29, 1.82) is 0 Å². The molecule has 0 aliphatic carbocycles. The number of aromatic nitrogens is 2. The number of hydrogen-bond acceptors (Lipinski definition) is 7. The van der Waals surface area contributed by atoms with Crippen LogP contribution in [0, 0.1) is 11.8 Å². The van der Waals surface area contributed by atoms with E-state index in [2.05, 4.69) is 37.8 Å². The fourth-order valence-electron chi connectivity index (χ4n) is 3.18. The first kappa shape index (κ1) is 23.7. The van der Waals surface area contributed by atoms with Crippen molar-refractivity contribution in [3.8, 4) is 11.8 Å². The number of nitrogens with two attached hydrogens (primary N) is 1. The van der Waals surface area contributed by atoms with Crippen molar-refractivity contribution in [3.05, 3.63) is 71.4 Å². The van der Waals surface area contributed by atoms with Crippen molar-refractivity contribution < 1.29 is 9.59 Å². The molecule has 2 aromatic carbocycles. The average molecular weight is 486 g/mol. The Morgan fingerprint density at radius 3 is 2.23 bits per heavy atom. The number of carbonyl (C=O) groups is 2. The molecule has 9 nitrogen and oxygen atoms in total. The van der Waals surface area contributed by atoms with E-state index in [4.69, 9.17) is 5.73 Å². The monoisotopic (exact) mass is 485 g/mol. The Bertz CT molecular complexity index is 1420. The van der Waals surface area contributed by atoms with Crippen molar-refractivity contribution in [2.75, 3.05) is 42.3 Å². The van der Waals surface area contributed by atoms with Crippen LogP contribution < -0.4 is 21.7 Å². The van der Waals surface area contributed by atoms with Crippen molar-refractivity contribution in [2.45, 2.75) is 0 Å². The van der Waals surface area contributed by atoms with E-state index in [0.29, 0.717) is 44.3 Å². The van der Waals surface area contributed by atoms with Gasteiger partial charge in [0, 0.05) is 17.1 Å². The first-order valence-corrected chi connectivity index (χ1v) is 11.4. The molecule has 2 heterocycles. The van der Waals surface area contributed by atoms with E-state index >= 15 is 0 Å². The Balaban J connectivity index is 1.51. The molecule has 0 saturated carbocycles. The number of rotatable bonds is 5. The quantitative estimate of drug-likeness (QED) is 0.316. The summed E-state index contributed by atoms with van der Waals surface area (Å²) in [6.45, 7) is 0.544. The molecule has 0 spiro atoms. The molecule has 0 atom stereocenters. The lowest BCUT2D eigenvalue weighted by Gasteiger charge is -2.09. The van der Waals surface area contributed by atoms with Gasteiger partial charge in [-0.3, -0.25) is 9.69 Å². The van der Waals surface area contributed by atoms with Crippen molar-refractivity contribution in [2.24, 2.45) is 0 Å². The molecule has 4 rings (SSSR count). The lowest BCUT2D eigenvalue weighted by Crippen LogP contribution is -2.19. The summed E-state index contributed by atoms with van der Waals surface area (Å²) < 4.78 is 0. The van der Waals surface area contributed by atoms with Crippen LogP contribution in [-0.2, 0) is 0 Å². The Kier molecular flexibility index (Phi) is 7.21. The van der Waals surface area contributed by atoms with E-state index in [9.17, 15) is 9.59 Å². The largest absolute Gasteiger partial charge is 0.383 e. The second kappa shape index (κ2) is 10.6. The summed E-state index contributed by atoms with van der Waals surface area (Å²) in [6, 6.07) is 15.6. The van der Waals surface area contributed by atoms with Gasteiger partial charge in [0.1, 0.15) is 17.0 Å². The molecule has 0 aliphatic rings. The molecule has 0 radical (unpaired) electrons. The van der Waals surface area contributed by atoms with Gasteiger partial charge in [-0.1, -0.05) is 30.0 Å². The van der Waals surface area contributed by atoms with E-state index in [0.717, 1.165) is 0 Å². The second-order valence-corrected chi connectivity index (χ2v) is 8.76. The number of anilines is 4. The van der Waals surface area contributed by atoms with Crippen LogP contribution in [-0.4, -0.2) is 47.4 Å². The predicted octanol–water partition coefficient (Wildman–Crippen LogP) is 4.08. The van der Waals surface area contributed by atoms with Gasteiger partial charge in [0.05, 0.1) is 22.4 Å². The molecular weight excluding hydrogens is 462 g/mol. The number of nitrogens with one attached hydrogen (secondary N) is 3. The van der Waals surface area contributed by atoms with Gasteiger partial charge >= 0.3 is 6.03 Å². The van der Waals surface area contributed by atoms with Gasteiger partial charge in [0.15, 0.2) is 0 Å². The number of nitrogens with zero attached hydrogens (tertiary/aromatic N) is 3. The van der Waals surface area contributed by atoms with E-state index < -0.39 is 0 Å². The molecule has 0 bridgehead atoms. The predicted molar refractivity (Wildman–Crippen MR) is 141 cm³/mol. The topological polar surface area (TPSA) is 125 Å². The number of amides is 3. The summed E-state index contributed by atoms with van der Waals surface area (Å²) >= 11 is 1.30. The zero-order chi connectivity index (χ0) is 24.8. The van der Waals surface area contributed by atoms with E-state index in [1.807, 2.05) is 37.2 Å². The smallest absolute Gasteiger partial charge is 0.323 e. The molecule has 0 aliphatic heterocycles. The van der Waals surface area contributed by atoms with Crippen LogP contribution in [0.1, 0.15) is 15.2 Å². The average Bonchev–Trinajstić information content (AvgIpc) is 3.20. The summed E-state index contributed by atoms with van der Waals surface area (Å²) in [5.74, 6) is 5.98. The summed E-state index contributed by atoms with van der Waals surface area (Å²) in [5.41, 5.74) is 8.23. The molecule has 2 aromatic heterocycles. The highest BCUT2D eigenvalue weighted by molar-refractivity contribution is 7.19. The summed E-state index contributed by atoms with van der Waals surface area (Å²) in [5, 5.41) is 8.86. The fourth-order valence-corrected chi connectivity index (χ4v) is 4.21. The lowest BCUT2D eigenvalue weighted by molar-refractivity contribution is 0.102. The summed E-state index contributed by atoms with van der Waals surface area (Å²) in [6.07, 6.45) is 1.37. The molecule has 176 valence electrons. The molecule has 0 saturated heterocycles. The van der Waals surface area contributed by atoms with Crippen LogP contribution >= 0.6 is 11.3 Å². The standard InChI is InChI=1S/C25H23N7O2S/c1-32(2)14-6-9-19-20(21-22(26)27-15-28-24(21)35-19)23(33)29-17-10-12-18(13-11-17)31-25(34)30-16-7-4-3-5-8-16/h3-5,7-8,10-13,15H,14H2,1-2H3,(H,29,33)(H2,26,27,28)(H2,30,31,34). The lowest BCUT2D eigenvalue weighted by atomic mass is 10.1. The van der Waals surface area contributed by atoms with E-state index in [1.165, 1.54) is 17.7 Å². The van der Waals surface area contributed by atoms with Crippen LogP contribution in [0.4, 0.5) is 27.7 Å². The number of carbonyl (C=O) groups excluding carboxylic acids is 2. The van der Waals surface area contributed by atoms with Crippen molar-refractivity contribution in [3.63, 3.8) is 0 Å². The Hall–Kier alpha value is -4.46. The third-order valence-electron chi connectivity index (χ3n) is 4.77. The molecule has 10 heteroatoms. The molecular formula is C25H23N7O2S. The van der Waals surface area contributed by atoms with Crippen LogP contribution in [0.25, 0.3) is 10.2 Å². The number of benzene rings is 2. The molecule has 0 unspecified atom stereocenters. The first-order chi connectivity index (χ1) is 16.9. The molecule has 0 fully saturated rings. The van der Waals surface area contributed by atoms with Gasteiger partial charge in [-0.2, -0.15) is 0 Å². The highest BCUT2D eigenvalue weighted by Crippen LogP contribution is 2.33. The number of nitrogen functional groups attached to an aromatic ring is 1. The van der Waals surface area contributed by atoms with Gasteiger partial charge in [-0.15, -0.1) is 11.3 Å². The molecule has 35 heavy (non-hydrogen) atoms. The minimum Gasteiger partial charge on any atom is -0.383 e. The van der Waals surface area contributed by atoms with Gasteiger partial charge in [-0.25, -0.2) is 14.8 Å². The minimum atomic E-state index is -0.367. The van der Waals surface area contributed by atoms with Gasteiger partial charge in [0.25, 0.3) is 5.91 Å². The molecule has 4 aromatic rings. The maximum atomic E-state index is 13.3. The van der Waals surface area contributed by atoms with Gasteiger partial charge in [0.2, 0.25) is 0 Å². The highest BCUT2D eigenvalue weighted by atomic mass is 32.1. The SMILES string of the molecule is CN(C)CC#Cc1sc2ncnc(N)c2c1C(=O)Nc1ccc(NC(=O)Nc2ccccc2)cc1. The maximum absolute atomic E-state index is 13.3. The summed E-state index contributed by atoms with van der Waals surface area (Å²) in [4.78, 5) is 36.8. The van der Waals surface area contributed by atoms with Crippen molar-refractivity contribution >= 4 is 56.4 Å².